The molecule has 1 N–H and O–H groups in total. The molecule has 0 spiro atoms. The molecule has 2 aromatic heterocycles. The zero-order chi connectivity index (χ0) is 10.2. The molecule has 3 nitrogen and oxygen atoms in total. The fourth-order valence-electron chi connectivity index (χ4n) is 1.51. The van der Waals surface area contributed by atoms with Gasteiger partial charge in [0.25, 0.3) is 0 Å². The molecule has 0 aromatic carbocycles. The molecule has 0 amide bonds. The minimum absolute atomic E-state index is 0.282. The summed E-state index contributed by atoms with van der Waals surface area (Å²) in [4.78, 5) is 4.53. The Morgan fingerprint density at radius 1 is 1.29 bits per heavy atom. The van der Waals surface area contributed by atoms with E-state index in [9.17, 15) is 0 Å². The third kappa shape index (κ3) is 1.92. The average Bonchev–Trinajstić information content (AvgIpc) is 2.47. The molecule has 0 saturated carbocycles. The number of nitrogens with zero attached hydrogens (tertiary/aromatic N) is 2. The summed E-state index contributed by atoms with van der Waals surface area (Å²) in [5, 5.41) is 6.85. The van der Waals surface area contributed by atoms with E-state index < -0.39 is 0 Å². The smallest absolute Gasteiger partial charge is 0.108 e. The number of hydrogen-bond donors (Lipinski definition) is 1. The minimum atomic E-state index is 0.282. The Hall–Kier alpha value is -1.38. The van der Waals surface area contributed by atoms with Gasteiger partial charge >= 0.3 is 0 Å². The molecule has 0 fully saturated rings. The Balaban J connectivity index is 2.35. The number of H-pyrrole nitrogens is 1. The zero-order valence-electron chi connectivity index (χ0n) is 8.83. The lowest BCUT2D eigenvalue weighted by Gasteiger charge is -2.16. The highest BCUT2D eigenvalue weighted by atomic mass is 15.1. The molecule has 0 radical (unpaired) electrons. The first kappa shape index (κ1) is 9.19. The van der Waals surface area contributed by atoms with Crippen LogP contribution in [0.4, 0.5) is 0 Å². The normalized spacial score (nSPS) is 12.2. The highest BCUT2D eigenvalue weighted by Crippen LogP contribution is 2.20. The van der Waals surface area contributed by atoms with Crippen molar-refractivity contribution in [2.75, 3.05) is 0 Å². The monoisotopic (exact) mass is 189 g/mol. The molecule has 0 aliphatic heterocycles. The largest absolute Gasteiger partial charge is 0.276 e. The predicted octanol–water partition coefficient (Wildman–Crippen LogP) is 2.55. The van der Waals surface area contributed by atoms with Crippen LogP contribution in [0, 0.1) is 5.41 Å². The van der Waals surface area contributed by atoms with Crippen LogP contribution < -0.4 is 0 Å². The fourth-order valence-corrected chi connectivity index (χ4v) is 1.51. The van der Waals surface area contributed by atoms with Gasteiger partial charge < -0.3 is 0 Å². The molecule has 2 aromatic rings. The van der Waals surface area contributed by atoms with Crippen molar-refractivity contribution in [2.45, 2.75) is 27.2 Å². The summed E-state index contributed by atoms with van der Waals surface area (Å²) in [5.74, 6) is 0. The second kappa shape index (κ2) is 3.08. The highest BCUT2D eigenvalue weighted by Gasteiger charge is 2.12. The van der Waals surface area contributed by atoms with Gasteiger partial charge in [0.2, 0.25) is 0 Å². The van der Waals surface area contributed by atoms with Gasteiger partial charge in [-0.3, -0.25) is 5.10 Å². The molecular formula is C11H15N3. The summed E-state index contributed by atoms with van der Waals surface area (Å²) < 4.78 is 0. The fraction of sp³-hybridized carbons (Fsp3) is 0.455. The Morgan fingerprint density at radius 2 is 2.07 bits per heavy atom. The van der Waals surface area contributed by atoms with E-state index >= 15 is 0 Å². The van der Waals surface area contributed by atoms with E-state index in [1.54, 1.807) is 6.20 Å². The topological polar surface area (TPSA) is 41.6 Å². The van der Waals surface area contributed by atoms with E-state index in [2.05, 4.69) is 42.0 Å². The van der Waals surface area contributed by atoms with E-state index in [1.165, 1.54) is 0 Å². The van der Waals surface area contributed by atoms with E-state index in [0.717, 1.165) is 23.1 Å². The molecule has 0 aliphatic carbocycles. The molecule has 3 heteroatoms. The number of aromatic nitrogens is 3. The first-order valence-electron chi connectivity index (χ1n) is 4.84. The van der Waals surface area contributed by atoms with Crippen molar-refractivity contribution in [3.05, 3.63) is 24.0 Å². The van der Waals surface area contributed by atoms with Gasteiger partial charge in [0.05, 0.1) is 11.7 Å². The van der Waals surface area contributed by atoms with Gasteiger partial charge in [-0.05, 0) is 24.0 Å². The quantitative estimate of drug-likeness (QED) is 0.749. The van der Waals surface area contributed by atoms with Gasteiger partial charge in [-0.1, -0.05) is 20.8 Å². The van der Waals surface area contributed by atoms with Crippen LogP contribution in [-0.2, 0) is 6.42 Å². The lowest BCUT2D eigenvalue weighted by Crippen LogP contribution is -2.10. The molecule has 0 atom stereocenters. The van der Waals surface area contributed by atoms with Crippen LogP contribution in [0.3, 0.4) is 0 Å². The molecule has 14 heavy (non-hydrogen) atoms. The predicted molar refractivity (Wildman–Crippen MR) is 57.0 cm³/mol. The van der Waals surface area contributed by atoms with Crippen LogP contribution in [0.1, 0.15) is 26.5 Å². The van der Waals surface area contributed by atoms with E-state index in [4.69, 9.17) is 0 Å². The molecule has 0 bridgehead atoms. The summed E-state index contributed by atoms with van der Waals surface area (Å²) in [7, 11) is 0. The number of hydrogen-bond acceptors (Lipinski definition) is 2. The maximum Gasteiger partial charge on any atom is 0.108 e. The first-order chi connectivity index (χ1) is 6.54. The standard InChI is InChI=1S/C11H15N3/c1-11(2,3)6-8-4-5-9-10(13-8)7-12-14-9/h4-5,7H,6H2,1-3H3,(H,12,14). The van der Waals surface area contributed by atoms with E-state index in [1.807, 2.05) is 6.07 Å². The van der Waals surface area contributed by atoms with Crippen molar-refractivity contribution in [1.82, 2.24) is 15.2 Å². The van der Waals surface area contributed by atoms with Crippen molar-refractivity contribution >= 4 is 11.0 Å². The average molecular weight is 189 g/mol. The van der Waals surface area contributed by atoms with Gasteiger partial charge in [-0.25, -0.2) is 4.98 Å². The summed E-state index contributed by atoms with van der Waals surface area (Å²) >= 11 is 0. The Labute approximate surface area is 83.6 Å². The van der Waals surface area contributed by atoms with Crippen molar-refractivity contribution in [3.8, 4) is 0 Å². The highest BCUT2D eigenvalue weighted by molar-refractivity contribution is 5.72. The summed E-state index contributed by atoms with van der Waals surface area (Å²) in [6, 6.07) is 4.10. The van der Waals surface area contributed by atoms with Crippen LogP contribution in [0.2, 0.25) is 0 Å². The van der Waals surface area contributed by atoms with Gasteiger partial charge in [-0.15, -0.1) is 0 Å². The number of rotatable bonds is 1. The Morgan fingerprint density at radius 3 is 2.79 bits per heavy atom. The van der Waals surface area contributed by atoms with Gasteiger partial charge in [0.1, 0.15) is 5.52 Å². The molecule has 2 rings (SSSR count). The molecule has 74 valence electrons. The summed E-state index contributed by atoms with van der Waals surface area (Å²) in [6.07, 6.45) is 2.76. The first-order valence-corrected chi connectivity index (χ1v) is 4.84. The lowest BCUT2D eigenvalue weighted by molar-refractivity contribution is 0.407. The van der Waals surface area contributed by atoms with Crippen LogP contribution in [0.25, 0.3) is 11.0 Å². The third-order valence-electron chi connectivity index (χ3n) is 2.07. The molecular weight excluding hydrogens is 174 g/mol. The maximum absolute atomic E-state index is 4.53. The lowest BCUT2D eigenvalue weighted by atomic mass is 9.90. The van der Waals surface area contributed by atoms with E-state index in [-0.39, 0.29) is 5.41 Å². The van der Waals surface area contributed by atoms with Crippen LogP contribution >= 0.6 is 0 Å². The Bertz CT molecular complexity index is 437. The summed E-state index contributed by atoms with van der Waals surface area (Å²) in [6.45, 7) is 6.65. The SMILES string of the molecule is CC(C)(C)Cc1ccc2[nH]ncc2n1. The third-order valence-corrected chi connectivity index (χ3v) is 2.07. The molecule has 0 unspecified atom stereocenters. The second-order valence-corrected chi connectivity index (χ2v) is 4.84. The van der Waals surface area contributed by atoms with Crippen molar-refractivity contribution < 1.29 is 0 Å². The second-order valence-electron chi connectivity index (χ2n) is 4.84. The van der Waals surface area contributed by atoms with Gasteiger partial charge in [0.15, 0.2) is 0 Å². The number of fused-ring (bicyclic) bond motifs is 1. The van der Waals surface area contributed by atoms with Crippen molar-refractivity contribution in [3.63, 3.8) is 0 Å². The Kier molecular flexibility index (Phi) is 2.02. The number of pyridine rings is 1. The van der Waals surface area contributed by atoms with Crippen LogP contribution in [0.5, 0.6) is 0 Å². The van der Waals surface area contributed by atoms with E-state index in [0.29, 0.717) is 0 Å². The van der Waals surface area contributed by atoms with Crippen molar-refractivity contribution in [2.24, 2.45) is 5.41 Å². The summed E-state index contributed by atoms with van der Waals surface area (Å²) in [5.41, 5.74) is 3.37. The van der Waals surface area contributed by atoms with Gasteiger partial charge in [-0.2, -0.15) is 5.10 Å². The molecule has 0 aliphatic rings. The molecule has 2 heterocycles. The maximum atomic E-state index is 4.53. The zero-order valence-corrected chi connectivity index (χ0v) is 8.83. The van der Waals surface area contributed by atoms with Crippen molar-refractivity contribution in [1.29, 1.82) is 0 Å². The molecule has 0 saturated heterocycles. The van der Waals surface area contributed by atoms with Crippen LogP contribution in [-0.4, -0.2) is 15.2 Å². The minimum Gasteiger partial charge on any atom is -0.276 e. The number of nitrogens with one attached hydrogen (secondary N) is 1. The van der Waals surface area contributed by atoms with Gasteiger partial charge in [0, 0.05) is 5.69 Å². The van der Waals surface area contributed by atoms with Crippen LogP contribution in [0.15, 0.2) is 18.3 Å². The number of aromatic amines is 1.